The van der Waals surface area contributed by atoms with E-state index in [1.165, 1.54) is 6.07 Å². The third-order valence-electron chi connectivity index (χ3n) is 7.44. The first-order chi connectivity index (χ1) is 18.9. The maximum absolute atomic E-state index is 13.3. The van der Waals surface area contributed by atoms with Crippen LogP contribution in [0.2, 0.25) is 0 Å². The van der Waals surface area contributed by atoms with Gasteiger partial charge in [0, 0.05) is 42.5 Å². The third-order valence-corrected chi connectivity index (χ3v) is 7.44. The van der Waals surface area contributed by atoms with Gasteiger partial charge in [-0.3, -0.25) is 9.78 Å². The number of carbonyl (C=O) groups is 2. The summed E-state index contributed by atoms with van der Waals surface area (Å²) in [4.78, 5) is 48.8. The fourth-order valence-corrected chi connectivity index (χ4v) is 5.39. The number of oxazole rings is 1. The molecular formula is C28H28N6O5. The molecule has 11 nitrogen and oxygen atoms in total. The second-order valence-electron chi connectivity index (χ2n) is 9.81. The molecule has 2 aliphatic rings. The van der Waals surface area contributed by atoms with Gasteiger partial charge < -0.3 is 30.0 Å². The van der Waals surface area contributed by atoms with Gasteiger partial charge in [0.25, 0.3) is 0 Å². The molecule has 39 heavy (non-hydrogen) atoms. The number of carbonyl (C=O) groups excluding carboxylic acids is 2. The van der Waals surface area contributed by atoms with E-state index >= 15 is 0 Å². The van der Waals surface area contributed by atoms with Crippen molar-refractivity contribution in [2.24, 2.45) is 0 Å². The molecule has 6 rings (SSSR count). The molecule has 2 aliphatic heterocycles. The second-order valence-corrected chi connectivity index (χ2v) is 9.81. The second kappa shape index (κ2) is 9.82. The van der Waals surface area contributed by atoms with Gasteiger partial charge in [-0.25, -0.2) is 14.6 Å². The predicted molar refractivity (Wildman–Crippen MR) is 147 cm³/mol. The molecule has 0 atom stereocenters. The van der Waals surface area contributed by atoms with Gasteiger partial charge in [0.2, 0.25) is 0 Å². The van der Waals surface area contributed by atoms with E-state index in [0.717, 1.165) is 36.3 Å². The molecule has 0 unspecified atom stereocenters. The topological polar surface area (TPSA) is 147 Å². The molecule has 2 aromatic carbocycles. The van der Waals surface area contributed by atoms with Gasteiger partial charge in [-0.05, 0) is 73.4 Å². The molecule has 1 fully saturated rings. The molecule has 0 radical (unpaired) electrons. The number of nitrogens with zero attached hydrogens (tertiary/aromatic N) is 3. The first-order valence-corrected chi connectivity index (χ1v) is 12.8. The quantitative estimate of drug-likeness (QED) is 0.334. The summed E-state index contributed by atoms with van der Waals surface area (Å²) in [5, 5.41) is 3.04. The molecule has 1 saturated heterocycles. The Morgan fingerprint density at radius 3 is 2.67 bits per heavy atom. The summed E-state index contributed by atoms with van der Waals surface area (Å²) < 4.78 is 10.4. The zero-order valence-electron chi connectivity index (χ0n) is 21.4. The van der Waals surface area contributed by atoms with Gasteiger partial charge >= 0.3 is 11.8 Å². The minimum Gasteiger partial charge on any atom is -0.497 e. The summed E-state index contributed by atoms with van der Waals surface area (Å²) in [7, 11) is 1.63. The number of hydrogen-bond donors (Lipinski definition) is 3. The molecule has 2 aromatic heterocycles. The summed E-state index contributed by atoms with van der Waals surface area (Å²) in [5.74, 6) is 0.811. The lowest BCUT2D eigenvalue weighted by atomic mass is 10.0. The van der Waals surface area contributed by atoms with Crippen LogP contribution in [0.25, 0.3) is 11.1 Å². The van der Waals surface area contributed by atoms with E-state index in [9.17, 15) is 14.4 Å². The number of ketones is 1. The van der Waals surface area contributed by atoms with Gasteiger partial charge in [-0.1, -0.05) is 0 Å². The van der Waals surface area contributed by atoms with Gasteiger partial charge in [0.15, 0.2) is 11.4 Å². The molecule has 200 valence electrons. The number of H-pyrrole nitrogens is 1. The summed E-state index contributed by atoms with van der Waals surface area (Å²) in [6.45, 7) is 1.96. The van der Waals surface area contributed by atoms with Crippen molar-refractivity contribution in [2.45, 2.75) is 25.3 Å². The minimum absolute atomic E-state index is 0.0855. The fourth-order valence-electron chi connectivity index (χ4n) is 5.39. The number of nitrogens with two attached hydrogens (primary N) is 1. The van der Waals surface area contributed by atoms with Gasteiger partial charge in [0.05, 0.1) is 12.6 Å². The highest BCUT2D eigenvalue weighted by atomic mass is 16.5. The van der Waals surface area contributed by atoms with E-state index < -0.39 is 5.76 Å². The number of amides is 2. The Bertz CT molecular complexity index is 1640. The molecule has 11 heteroatoms. The number of fused-ring (bicyclic) bond motifs is 2. The first kappa shape index (κ1) is 24.5. The molecule has 4 N–H and O–H groups in total. The molecule has 2 amide bonds. The standard InChI is InChI=1S/C28H28N6O5/c1-38-20-3-5-21-16(12-20)6-11-34(27(36)30-21)19-7-9-33(10-8-19)25-15-18(14-24(29)32-25)26(35)17-2-4-22-23(13-17)39-28(37)31-22/h2-5,12-15,19H,6-11H2,1H3,(H2,29,32)(H,30,36)(H,31,37). The lowest BCUT2D eigenvalue weighted by molar-refractivity contribution is 0.103. The number of urea groups is 1. The number of piperidine rings is 1. The lowest BCUT2D eigenvalue weighted by Gasteiger charge is -2.38. The van der Waals surface area contributed by atoms with Gasteiger partial charge in [-0.15, -0.1) is 0 Å². The van der Waals surface area contributed by atoms with Crippen molar-refractivity contribution in [3.05, 3.63) is 75.8 Å². The number of pyridine rings is 1. The molecule has 4 heterocycles. The first-order valence-electron chi connectivity index (χ1n) is 12.8. The van der Waals surface area contributed by atoms with E-state index in [1.807, 2.05) is 23.1 Å². The van der Waals surface area contributed by atoms with Crippen LogP contribution < -0.4 is 26.4 Å². The molecule has 0 spiro atoms. The number of hydrogen-bond acceptors (Lipinski definition) is 8. The van der Waals surface area contributed by atoms with Gasteiger partial charge in [-0.2, -0.15) is 0 Å². The molecular weight excluding hydrogens is 500 g/mol. The SMILES string of the molecule is COc1ccc2c(c1)CCN(C1CCN(c3cc(C(=O)c4ccc5[nH]c(=O)oc5c4)cc(N)n3)CC1)C(=O)N2. The van der Waals surface area contributed by atoms with Crippen molar-refractivity contribution in [3.8, 4) is 5.75 Å². The average molecular weight is 529 g/mol. The zero-order valence-corrected chi connectivity index (χ0v) is 21.4. The number of ether oxygens (including phenoxy) is 1. The summed E-state index contributed by atoms with van der Waals surface area (Å²) in [6.07, 6.45) is 2.26. The Labute approximate surface area is 223 Å². The van der Waals surface area contributed by atoms with Gasteiger partial charge in [0.1, 0.15) is 17.4 Å². The number of rotatable bonds is 5. The fraction of sp³-hybridized carbons (Fsp3) is 0.286. The van der Waals surface area contributed by atoms with Crippen LogP contribution in [0.4, 0.5) is 22.1 Å². The van der Waals surface area contributed by atoms with Crippen molar-refractivity contribution >= 4 is 40.2 Å². The largest absolute Gasteiger partial charge is 0.497 e. The van der Waals surface area contributed by atoms with E-state index in [4.69, 9.17) is 14.9 Å². The van der Waals surface area contributed by atoms with E-state index in [-0.39, 0.29) is 23.7 Å². The van der Waals surface area contributed by atoms with Crippen molar-refractivity contribution in [1.82, 2.24) is 14.9 Å². The van der Waals surface area contributed by atoms with E-state index in [2.05, 4.69) is 20.2 Å². The van der Waals surface area contributed by atoms with Crippen molar-refractivity contribution in [1.29, 1.82) is 0 Å². The van der Waals surface area contributed by atoms with Crippen molar-refractivity contribution < 1.29 is 18.7 Å². The Morgan fingerprint density at radius 1 is 1.05 bits per heavy atom. The number of methoxy groups -OCH3 is 1. The number of benzene rings is 2. The van der Waals surface area contributed by atoms with Crippen LogP contribution in [0.15, 0.2) is 57.7 Å². The monoisotopic (exact) mass is 528 g/mol. The predicted octanol–water partition coefficient (Wildman–Crippen LogP) is 3.40. The summed E-state index contributed by atoms with van der Waals surface area (Å²) in [5.41, 5.74) is 9.59. The smallest absolute Gasteiger partial charge is 0.417 e. The molecule has 0 aliphatic carbocycles. The normalized spacial score (nSPS) is 16.1. The molecule has 0 saturated carbocycles. The number of aromatic amines is 1. The number of anilines is 3. The Balaban J connectivity index is 1.15. The Kier molecular flexibility index (Phi) is 6.18. The van der Waals surface area contributed by atoms with Crippen LogP contribution in [0.5, 0.6) is 5.75 Å². The lowest BCUT2D eigenvalue weighted by Crippen LogP contribution is -2.49. The number of aromatic nitrogens is 2. The van der Waals surface area contributed by atoms with Crippen LogP contribution in [0.1, 0.15) is 34.3 Å². The highest BCUT2D eigenvalue weighted by molar-refractivity contribution is 6.10. The summed E-state index contributed by atoms with van der Waals surface area (Å²) >= 11 is 0. The zero-order chi connectivity index (χ0) is 27.1. The highest BCUT2D eigenvalue weighted by Gasteiger charge is 2.31. The van der Waals surface area contributed by atoms with Crippen LogP contribution in [-0.2, 0) is 6.42 Å². The van der Waals surface area contributed by atoms with Crippen molar-refractivity contribution in [2.75, 3.05) is 42.7 Å². The van der Waals surface area contributed by atoms with Crippen LogP contribution in [-0.4, -0.2) is 59.5 Å². The maximum atomic E-state index is 13.3. The molecule has 4 aromatic rings. The molecule has 0 bridgehead atoms. The average Bonchev–Trinajstić information content (AvgIpc) is 3.23. The maximum Gasteiger partial charge on any atom is 0.417 e. The van der Waals surface area contributed by atoms with E-state index in [1.54, 1.807) is 31.4 Å². The minimum atomic E-state index is -0.573. The van der Waals surface area contributed by atoms with Crippen LogP contribution >= 0.6 is 0 Å². The number of nitrogen functional groups attached to an aromatic ring is 1. The third kappa shape index (κ3) is 4.78. The van der Waals surface area contributed by atoms with Crippen LogP contribution in [0, 0.1) is 0 Å². The Hall–Kier alpha value is -4.80. The summed E-state index contributed by atoms with van der Waals surface area (Å²) in [6, 6.07) is 13.8. The van der Waals surface area contributed by atoms with Crippen LogP contribution in [0.3, 0.4) is 0 Å². The van der Waals surface area contributed by atoms with E-state index in [0.29, 0.717) is 47.7 Å². The van der Waals surface area contributed by atoms with Crippen molar-refractivity contribution in [3.63, 3.8) is 0 Å². The number of nitrogens with one attached hydrogen (secondary N) is 2. The Morgan fingerprint density at radius 2 is 1.87 bits per heavy atom. The highest BCUT2D eigenvalue weighted by Crippen LogP contribution is 2.29.